The van der Waals surface area contributed by atoms with Crippen LogP contribution < -0.4 is 4.74 Å². The normalized spacial score (nSPS) is 11.4. The molecule has 2 aromatic rings. The van der Waals surface area contributed by atoms with Crippen LogP contribution in [0.4, 0.5) is 8.78 Å². The lowest BCUT2D eigenvalue weighted by Gasteiger charge is -2.10. The quantitative estimate of drug-likeness (QED) is 0.725. The van der Waals surface area contributed by atoms with Crippen LogP contribution in [0.5, 0.6) is 5.75 Å². The second-order valence-electron chi connectivity index (χ2n) is 4.07. The van der Waals surface area contributed by atoms with Gasteiger partial charge in [-0.2, -0.15) is 0 Å². The Balaban J connectivity index is 2.26. The monoisotopic (exact) mass is 396 g/mol. The fourth-order valence-electron chi connectivity index (χ4n) is 1.58. The van der Waals surface area contributed by atoms with Crippen molar-refractivity contribution in [3.63, 3.8) is 0 Å². The van der Waals surface area contributed by atoms with Gasteiger partial charge in [0.25, 0.3) is 9.05 Å². The third-order valence-corrected chi connectivity index (χ3v) is 4.38. The fraction of sp³-hybridized carbons (Fsp3) is 0.0769. The molecule has 0 atom stereocenters. The van der Waals surface area contributed by atoms with Crippen LogP contribution in [0, 0.1) is 11.6 Å². The summed E-state index contributed by atoms with van der Waals surface area (Å²) in [5, 5.41) is 0. The maximum absolute atomic E-state index is 13.1. The van der Waals surface area contributed by atoms with E-state index in [9.17, 15) is 17.2 Å². The highest BCUT2D eigenvalue weighted by atomic mass is 79.9. The lowest BCUT2D eigenvalue weighted by molar-refractivity contribution is 0.297. The molecule has 0 unspecified atom stereocenters. The lowest BCUT2D eigenvalue weighted by Crippen LogP contribution is -2.01. The van der Waals surface area contributed by atoms with Crippen molar-refractivity contribution in [1.29, 1.82) is 0 Å². The molecule has 3 nitrogen and oxygen atoms in total. The zero-order valence-corrected chi connectivity index (χ0v) is 13.5. The van der Waals surface area contributed by atoms with Crippen LogP contribution in [0.15, 0.2) is 45.8 Å². The largest absolute Gasteiger partial charge is 0.487 e. The smallest absolute Gasteiger partial charge is 0.265 e. The first kappa shape index (κ1) is 16.2. The molecule has 0 fully saturated rings. The summed E-state index contributed by atoms with van der Waals surface area (Å²) in [6, 6.07) is 7.57. The summed E-state index contributed by atoms with van der Waals surface area (Å²) in [5.41, 5.74) is 0.356. The first-order chi connectivity index (χ1) is 9.77. The van der Waals surface area contributed by atoms with Crippen molar-refractivity contribution in [1.82, 2.24) is 0 Å². The van der Waals surface area contributed by atoms with E-state index in [1.807, 2.05) is 0 Å². The van der Waals surface area contributed by atoms with Gasteiger partial charge in [-0.1, -0.05) is 22.0 Å². The van der Waals surface area contributed by atoms with Crippen molar-refractivity contribution < 1.29 is 21.9 Å². The van der Waals surface area contributed by atoms with Gasteiger partial charge < -0.3 is 4.74 Å². The molecule has 0 aliphatic carbocycles. The average Bonchev–Trinajstić information content (AvgIpc) is 2.40. The summed E-state index contributed by atoms with van der Waals surface area (Å²) in [5.74, 6) is -1.94. The van der Waals surface area contributed by atoms with Gasteiger partial charge in [-0.15, -0.1) is 0 Å². The second-order valence-corrected chi connectivity index (χ2v) is 7.52. The van der Waals surface area contributed by atoms with Crippen LogP contribution >= 0.6 is 26.6 Å². The Hall–Kier alpha value is -1.18. The standard InChI is InChI=1S/C13H8BrClF2O3S/c14-9-2-4-12(13(6-9)21(15,18)19)20-7-8-1-3-10(16)11(17)5-8/h1-6H,7H2. The Bertz CT molecular complexity index is 781. The summed E-state index contributed by atoms with van der Waals surface area (Å²) in [6.45, 7) is -0.127. The van der Waals surface area contributed by atoms with E-state index in [1.54, 1.807) is 6.07 Å². The summed E-state index contributed by atoms with van der Waals surface area (Å²) < 4.78 is 54.7. The molecule has 0 radical (unpaired) electrons. The van der Waals surface area contributed by atoms with E-state index >= 15 is 0 Å². The van der Waals surface area contributed by atoms with Crippen molar-refractivity contribution >= 4 is 35.7 Å². The van der Waals surface area contributed by atoms with E-state index in [2.05, 4.69) is 15.9 Å². The van der Waals surface area contributed by atoms with Crippen LogP contribution in [-0.2, 0) is 15.7 Å². The molecule has 0 amide bonds. The SMILES string of the molecule is O=S(=O)(Cl)c1cc(Br)ccc1OCc1ccc(F)c(F)c1. The van der Waals surface area contributed by atoms with E-state index < -0.39 is 20.7 Å². The number of hydrogen-bond donors (Lipinski definition) is 0. The average molecular weight is 398 g/mol. The van der Waals surface area contributed by atoms with E-state index in [1.165, 1.54) is 18.2 Å². The van der Waals surface area contributed by atoms with Crippen LogP contribution in [0.1, 0.15) is 5.56 Å². The minimum atomic E-state index is -3.99. The fourth-order valence-corrected chi connectivity index (χ4v) is 3.09. The highest BCUT2D eigenvalue weighted by Crippen LogP contribution is 2.30. The van der Waals surface area contributed by atoms with Gasteiger partial charge in [0.05, 0.1) is 0 Å². The summed E-state index contributed by atoms with van der Waals surface area (Å²) in [6.07, 6.45) is 0. The molecule has 0 aliphatic heterocycles. The van der Waals surface area contributed by atoms with Gasteiger partial charge in [-0.25, -0.2) is 17.2 Å². The number of ether oxygens (including phenoxy) is 1. The molecule has 0 aliphatic rings. The molecule has 0 aromatic heterocycles. The zero-order chi connectivity index (χ0) is 15.6. The predicted molar refractivity (Wildman–Crippen MR) is 77.9 cm³/mol. The number of rotatable bonds is 4. The Labute approximate surface area is 133 Å². The van der Waals surface area contributed by atoms with Gasteiger partial charge in [0.2, 0.25) is 0 Å². The van der Waals surface area contributed by atoms with Crippen LogP contribution in [-0.4, -0.2) is 8.42 Å². The molecule has 2 rings (SSSR count). The van der Waals surface area contributed by atoms with Crippen LogP contribution in [0.3, 0.4) is 0 Å². The van der Waals surface area contributed by atoms with E-state index in [4.69, 9.17) is 15.4 Å². The molecule has 0 N–H and O–H groups in total. The molecule has 0 heterocycles. The van der Waals surface area contributed by atoms with Crippen molar-refractivity contribution in [3.05, 3.63) is 58.1 Å². The molecule has 8 heteroatoms. The van der Waals surface area contributed by atoms with Gasteiger partial charge >= 0.3 is 0 Å². The highest BCUT2D eigenvalue weighted by Gasteiger charge is 2.17. The van der Waals surface area contributed by atoms with Gasteiger partial charge in [-0.05, 0) is 35.9 Å². The van der Waals surface area contributed by atoms with E-state index in [0.29, 0.717) is 10.0 Å². The van der Waals surface area contributed by atoms with Crippen molar-refractivity contribution in [3.8, 4) is 5.75 Å². The summed E-state index contributed by atoms with van der Waals surface area (Å²) in [7, 11) is 1.33. The van der Waals surface area contributed by atoms with E-state index in [0.717, 1.165) is 12.1 Å². The number of hydrogen-bond acceptors (Lipinski definition) is 3. The van der Waals surface area contributed by atoms with Gasteiger partial charge in [-0.3, -0.25) is 0 Å². The van der Waals surface area contributed by atoms with E-state index in [-0.39, 0.29) is 17.3 Å². The molecular weight excluding hydrogens is 390 g/mol. The number of halogens is 4. The third-order valence-electron chi connectivity index (χ3n) is 2.55. The molecule has 21 heavy (non-hydrogen) atoms. The molecule has 0 spiro atoms. The minimum Gasteiger partial charge on any atom is -0.487 e. The summed E-state index contributed by atoms with van der Waals surface area (Å²) >= 11 is 3.13. The van der Waals surface area contributed by atoms with Gasteiger partial charge in [0, 0.05) is 15.2 Å². The van der Waals surface area contributed by atoms with Crippen LogP contribution in [0.2, 0.25) is 0 Å². The van der Waals surface area contributed by atoms with Gasteiger partial charge in [0.1, 0.15) is 17.3 Å². The summed E-state index contributed by atoms with van der Waals surface area (Å²) in [4.78, 5) is -0.207. The molecule has 0 saturated heterocycles. The van der Waals surface area contributed by atoms with Crippen molar-refractivity contribution in [2.75, 3.05) is 0 Å². The molecule has 2 aromatic carbocycles. The highest BCUT2D eigenvalue weighted by molar-refractivity contribution is 9.10. The molecule has 112 valence electrons. The minimum absolute atomic E-state index is 0.0259. The second kappa shape index (κ2) is 6.29. The molecule has 0 bridgehead atoms. The maximum atomic E-state index is 13.1. The molecular formula is C13H8BrClF2O3S. The predicted octanol–water partition coefficient (Wildman–Crippen LogP) is 4.23. The Morgan fingerprint density at radius 3 is 2.43 bits per heavy atom. The Morgan fingerprint density at radius 2 is 1.81 bits per heavy atom. The Morgan fingerprint density at radius 1 is 1.10 bits per heavy atom. The van der Waals surface area contributed by atoms with Crippen molar-refractivity contribution in [2.45, 2.75) is 11.5 Å². The first-order valence-electron chi connectivity index (χ1n) is 5.58. The zero-order valence-electron chi connectivity index (χ0n) is 10.3. The first-order valence-corrected chi connectivity index (χ1v) is 8.68. The molecule has 0 saturated carbocycles. The third kappa shape index (κ3) is 4.15. The maximum Gasteiger partial charge on any atom is 0.265 e. The topological polar surface area (TPSA) is 43.4 Å². The Kier molecular flexibility index (Phi) is 4.85. The van der Waals surface area contributed by atoms with Gasteiger partial charge in [0.15, 0.2) is 11.6 Å². The number of benzene rings is 2. The van der Waals surface area contributed by atoms with Crippen molar-refractivity contribution in [2.24, 2.45) is 0 Å². The van der Waals surface area contributed by atoms with Crippen LogP contribution in [0.25, 0.3) is 0 Å². The lowest BCUT2D eigenvalue weighted by atomic mass is 10.2.